The van der Waals surface area contributed by atoms with Crippen LogP contribution >= 0.6 is 0 Å². The minimum Gasteiger partial charge on any atom is -0.507 e. The summed E-state index contributed by atoms with van der Waals surface area (Å²) in [4.78, 5) is 23.5. The van der Waals surface area contributed by atoms with Gasteiger partial charge in [0.05, 0.1) is 5.56 Å². The van der Waals surface area contributed by atoms with Crippen molar-refractivity contribution in [1.29, 1.82) is 0 Å². The molecular formula is C21H19NO5. The van der Waals surface area contributed by atoms with E-state index in [-0.39, 0.29) is 17.2 Å². The van der Waals surface area contributed by atoms with E-state index in [0.29, 0.717) is 17.9 Å². The lowest BCUT2D eigenvalue weighted by molar-refractivity contribution is -0.114. The highest BCUT2D eigenvalue weighted by Gasteiger charge is 2.19. The minimum absolute atomic E-state index is 0.0813. The summed E-state index contributed by atoms with van der Waals surface area (Å²) in [5.74, 6) is -0.434. The number of aromatic hydroxyl groups is 1. The van der Waals surface area contributed by atoms with Gasteiger partial charge in [-0.2, -0.15) is 0 Å². The van der Waals surface area contributed by atoms with Gasteiger partial charge in [-0.05, 0) is 35.9 Å². The summed E-state index contributed by atoms with van der Waals surface area (Å²) < 4.78 is 11.1. The zero-order valence-corrected chi connectivity index (χ0v) is 14.7. The third-order valence-electron chi connectivity index (χ3n) is 3.83. The molecule has 0 saturated carbocycles. The Morgan fingerprint density at radius 1 is 1.19 bits per heavy atom. The molecule has 2 aromatic rings. The maximum absolute atomic E-state index is 12.3. The van der Waals surface area contributed by atoms with Crippen LogP contribution in [0.5, 0.6) is 5.75 Å². The summed E-state index contributed by atoms with van der Waals surface area (Å²) in [7, 11) is 0. The van der Waals surface area contributed by atoms with Gasteiger partial charge in [-0.1, -0.05) is 30.3 Å². The number of ketones is 1. The molecular weight excluding hydrogens is 346 g/mol. The number of amides is 1. The number of phenolic OH excluding ortho intramolecular Hbond substituents is 1. The Kier molecular flexibility index (Phi) is 5.56. The van der Waals surface area contributed by atoms with Crippen LogP contribution in [0.4, 0.5) is 5.69 Å². The molecule has 138 valence electrons. The smallest absolute Gasteiger partial charge is 0.244 e. The van der Waals surface area contributed by atoms with Crippen LogP contribution in [0.15, 0.2) is 72.7 Å². The fraction of sp³-hybridized carbons (Fsp3) is 0.143. The summed E-state index contributed by atoms with van der Waals surface area (Å²) in [6.45, 7) is 1.37. The Hall–Kier alpha value is -3.54. The Bertz CT molecular complexity index is 902. The summed E-state index contributed by atoms with van der Waals surface area (Å²) in [6, 6.07) is 14.1. The number of phenols is 1. The molecule has 0 radical (unpaired) electrons. The number of anilines is 1. The predicted octanol–water partition coefficient (Wildman–Crippen LogP) is 3.55. The average molecular weight is 365 g/mol. The van der Waals surface area contributed by atoms with Crippen LogP contribution < -0.4 is 5.32 Å². The summed E-state index contributed by atoms with van der Waals surface area (Å²) in [5, 5.41) is 12.5. The number of nitrogens with one attached hydrogen (secondary N) is 1. The van der Waals surface area contributed by atoms with Gasteiger partial charge in [0, 0.05) is 19.0 Å². The van der Waals surface area contributed by atoms with Crippen LogP contribution in [0.2, 0.25) is 0 Å². The molecule has 0 fully saturated rings. The SMILES string of the molecule is CC(=O)Nc1ccc(O)c(C(=O)C=CC2=COC(Cc3ccccc3)O2)c1. The van der Waals surface area contributed by atoms with Crippen LogP contribution in [0, 0.1) is 0 Å². The maximum Gasteiger partial charge on any atom is 0.244 e. The highest BCUT2D eigenvalue weighted by molar-refractivity contribution is 6.07. The quantitative estimate of drug-likeness (QED) is 0.465. The molecule has 6 heteroatoms. The minimum atomic E-state index is -0.446. The number of hydrogen-bond acceptors (Lipinski definition) is 5. The van der Waals surface area contributed by atoms with Crippen LogP contribution in [-0.2, 0) is 20.7 Å². The molecule has 1 unspecified atom stereocenters. The molecule has 1 heterocycles. The normalized spacial score (nSPS) is 15.7. The van der Waals surface area contributed by atoms with Crippen molar-refractivity contribution in [3.8, 4) is 5.75 Å². The largest absolute Gasteiger partial charge is 0.507 e. The van der Waals surface area contributed by atoms with E-state index in [9.17, 15) is 14.7 Å². The van der Waals surface area contributed by atoms with Crippen molar-refractivity contribution < 1.29 is 24.2 Å². The second-order valence-electron chi connectivity index (χ2n) is 6.00. The number of allylic oxidation sites excluding steroid dienone is 2. The lowest BCUT2D eigenvalue weighted by Gasteiger charge is -2.10. The number of hydrogen-bond donors (Lipinski definition) is 2. The van der Waals surface area contributed by atoms with Gasteiger partial charge in [0.15, 0.2) is 11.5 Å². The lowest BCUT2D eigenvalue weighted by Crippen LogP contribution is -2.11. The Morgan fingerprint density at radius 3 is 2.70 bits per heavy atom. The molecule has 27 heavy (non-hydrogen) atoms. The highest BCUT2D eigenvalue weighted by Crippen LogP contribution is 2.23. The summed E-state index contributed by atoms with van der Waals surface area (Å²) in [6.07, 6.45) is 4.36. The third kappa shape index (κ3) is 4.98. The molecule has 0 aromatic heterocycles. The zero-order chi connectivity index (χ0) is 19.2. The van der Waals surface area contributed by atoms with E-state index in [2.05, 4.69) is 5.32 Å². The first-order valence-electron chi connectivity index (χ1n) is 8.40. The monoisotopic (exact) mass is 365 g/mol. The Balaban J connectivity index is 1.61. The van der Waals surface area contributed by atoms with Gasteiger partial charge >= 0.3 is 0 Å². The molecule has 2 N–H and O–H groups in total. The number of ether oxygens (including phenoxy) is 2. The van der Waals surface area contributed by atoms with Crippen molar-refractivity contribution >= 4 is 17.4 Å². The van der Waals surface area contributed by atoms with Crippen LogP contribution in [0.25, 0.3) is 0 Å². The molecule has 1 atom stereocenters. The van der Waals surface area contributed by atoms with Gasteiger partial charge in [-0.3, -0.25) is 9.59 Å². The fourth-order valence-electron chi connectivity index (χ4n) is 2.59. The predicted molar refractivity (Wildman–Crippen MR) is 100 cm³/mol. The van der Waals surface area contributed by atoms with Gasteiger partial charge in [0.2, 0.25) is 12.2 Å². The van der Waals surface area contributed by atoms with Crippen molar-refractivity contribution in [2.45, 2.75) is 19.6 Å². The first-order valence-corrected chi connectivity index (χ1v) is 8.40. The van der Waals surface area contributed by atoms with Crippen molar-refractivity contribution in [3.63, 3.8) is 0 Å². The first kappa shape index (κ1) is 18.3. The second kappa shape index (κ2) is 8.23. The molecule has 0 spiro atoms. The van der Waals surface area contributed by atoms with E-state index in [1.54, 1.807) is 0 Å². The molecule has 1 aliphatic rings. The van der Waals surface area contributed by atoms with Crippen molar-refractivity contribution in [2.75, 3.05) is 5.32 Å². The van der Waals surface area contributed by atoms with Crippen molar-refractivity contribution in [3.05, 3.63) is 83.8 Å². The molecule has 0 saturated heterocycles. The van der Waals surface area contributed by atoms with E-state index < -0.39 is 12.1 Å². The standard InChI is InChI=1S/C21H19NO5/c1-14(23)22-16-7-9-19(24)18(12-16)20(25)10-8-17-13-26-21(27-17)11-15-5-3-2-4-6-15/h2-10,12-13,21,24H,11H2,1H3,(H,22,23). The van der Waals surface area contributed by atoms with E-state index in [4.69, 9.17) is 9.47 Å². The highest BCUT2D eigenvalue weighted by atomic mass is 16.7. The zero-order valence-electron chi connectivity index (χ0n) is 14.7. The summed E-state index contributed by atoms with van der Waals surface area (Å²) >= 11 is 0. The van der Waals surface area contributed by atoms with E-state index in [0.717, 1.165) is 5.56 Å². The lowest BCUT2D eigenvalue weighted by atomic mass is 10.1. The number of benzene rings is 2. The molecule has 0 bridgehead atoms. The van der Waals surface area contributed by atoms with Crippen molar-refractivity contribution in [1.82, 2.24) is 0 Å². The third-order valence-corrected chi connectivity index (χ3v) is 3.83. The topological polar surface area (TPSA) is 84.9 Å². The van der Waals surface area contributed by atoms with Gasteiger partial charge in [0.25, 0.3) is 0 Å². The molecule has 1 aliphatic heterocycles. The maximum atomic E-state index is 12.3. The Labute approximate surface area is 156 Å². The molecule has 3 rings (SSSR count). The molecule has 0 aliphatic carbocycles. The molecule has 6 nitrogen and oxygen atoms in total. The van der Waals surface area contributed by atoms with E-state index >= 15 is 0 Å². The molecule has 2 aromatic carbocycles. The van der Waals surface area contributed by atoms with Gasteiger partial charge in [0.1, 0.15) is 12.0 Å². The van der Waals surface area contributed by atoms with Crippen LogP contribution in [-0.4, -0.2) is 23.1 Å². The van der Waals surface area contributed by atoms with E-state index in [1.807, 2.05) is 30.3 Å². The second-order valence-corrected chi connectivity index (χ2v) is 6.00. The van der Waals surface area contributed by atoms with Gasteiger partial charge in [-0.15, -0.1) is 0 Å². The van der Waals surface area contributed by atoms with Crippen LogP contribution in [0.3, 0.4) is 0 Å². The average Bonchev–Trinajstić information content (AvgIpc) is 3.09. The number of carbonyl (C=O) groups excluding carboxylic acids is 2. The number of rotatable bonds is 6. The Morgan fingerprint density at radius 2 is 1.96 bits per heavy atom. The van der Waals surface area contributed by atoms with E-state index in [1.165, 1.54) is 43.5 Å². The first-order chi connectivity index (χ1) is 13.0. The summed E-state index contributed by atoms with van der Waals surface area (Å²) in [5.41, 5.74) is 1.59. The molecule has 1 amide bonds. The van der Waals surface area contributed by atoms with Gasteiger partial charge in [-0.25, -0.2) is 0 Å². The fourth-order valence-corrected chi connectivity index (χ4v) is 2.59. The van der Waals surface area contributed by atoms with Crippen molar-refractivity contribution in [2.24, 2.45) is 0 Å². The van der Waals surface area contributed by atoms with Crippen LogP contribution in [0.1, 0.15) is 22.8 Å². The number of carbonyl (C=O) groups is 2. The van der Waals surface area contributed by atoms with Gasteiger partial charge < -0.3 is 19.9 Å².